The lowest BCUT2D eigenvalue weighted by Crippen LogP contribution is -2.47. The smallest absolute Gasteiger partial charge is 0.414 e. The van der Waals surface area contributed by atoms with E-state index in [1.807, 2.05) is 12.1 Å². The summed E-state index contributed by atoms with van der Waals surface area (Å²) in [5, 5.41) is 11.3. The number of hydrogen-bond acceptors (Lipinski definition) is 6. The zero-order valence-electron chi connectivity index (χ0n) is 18.5. The number of nitrogens with zero attached hydrogens (tertiary/aromatic N) is 1. The molecule has 0 heterocycles. The Morgan fingerprint density at radius 3 is 1.80 bits per heavy atom. The number of carbonyl (C=O) groups is 2. The highest BCUT2D eigenvalue weighted by atomic mass is 32.1. The van der Waals surface area contributed by atoms with Crippen molar-refractivity contribution in [2.75, 3.05) is 7.05 Å². The molecular formula is C20H31N5O4S. The molecule has 0 bridgehead atoms. The molecule has 30 heavy (non-hydrogen) atoms. The van der Waals surface area contributed by atoms with Gasteiger partial charge in [-0.25, -0.2) is 14.6 Å². The molecular weight excluding hydrogens is 406 g/mol. The highest BCUT2D eigenvalue weighted by Gasteiger charge is 2.21. The first kappa shape index (κ1) is 25.2. The first-order valence-corrected chi connectivity index (χ1v) is 9.81. The van der Waals surface area contributed by atoms with Crippen LogP contribution < -0.4 is 21.3 Å². The maximum absolute atomic E-state index is 12.1. The Balaban J connectivity index is 2.96. The van der Waals surface area contributed by atoms with E-state index in [2.05, 4.69) is 26.3 Å². The van der Waals surface area contributed by atoms with Gasteiger partial charge in [-0.05, 0) is 71.5 Å². The van der Waals surface area contributed by atoms with Gasteiger partial charge in [0.05, 0.1) is 5.69 Å². The SMILES string of the molecule is CNC(=S)NCc1ccc(N=C(NC(=O)OC(C)(C)C)NC(=O)OC(C)(C)C)cc1. The Hall–Kier alpha value is -2.88. The van der Waals surface area contributed by atoms with E-state index < -0.39 is 23.4 Å². The van der Waals surface area contributed by atoms with Crippen LogP contribution in [0.3, 0.4) is 0 Å². The quantitative estimate of drug-likeness (QED) is 0.326. The molecule has 0 fully saturated rings. The first-order valence-electron chi connectivity index (χ1n) is 9.40. The molecule has 0 aliphatic carbocycles. The predicted molar refractivity (Wildman–Crippen MR) is 121 cm³/mol. The van der Waals surface area contributed by atoms with Crippen molar-refractivity contribution in [2.45, 2.75) is 59.3 Å². The zero-order chi connectivity index (χ0) is 22.9. The lowest BCUT2D eigenvalue weighted by Gasteiger charge is -2.22. The maximum atomic E-state index is 12.1. The molecule has 166 valence electrons. The van der Waals surface area contributed by atoms with Gasteiger partial charge in [-0.15, -0.1) is 0 Å². The molecule has 0 aromatic heterocycles. The molecule has 0 aliphatic heterocycles. The van der Waals surface area contributed by atoms with Crippen molar-refractivity contribution < 1.29 is 19.1 Å². The number of rotatable bonds is 3. The zero-order valence-corrected chi connectivity index (χ0v) is 19.3. The highest BCUT2D eigenvalue weighted by molar-refractivity contribution is 7.80. The molecule has 0 aliphatic rings. The summed E-state index contributed by atoms with van der Waals surface area (Å²) in [6.45, 7) is 10.9. The Morgan fingerprint density at radius 2 is 1.40 bits per heavy atom. The second-order valence-corrected chi connectivity index (χ2v) is 8.72. The molecule has 0 saturated carbocycles. The Labute approximate surface area is 183 Å². The van der Waals surface area contributed by atoms with E-state index in [0.29, 0.717) is 17.3 Å². The van der Waals surface area contributed by atoms with Gasteiger partial charge in [0.15, 0.2) is 5.11 Å². The normalized spacial score (nSPS) is 11.0. The van der Waals surface area contributed by atoms with Crippen molar-refractivity contribution in [3.8, 4) is 0 Å². The second-order valence-electron chi connectivity index (χ2n) is 8.31. The van der Waals surface area contributed by atoms with Crippen molar-refractivity contribution in [1.82, 2.24) is 21.3 Å². The number of amides is 2. The summed E-state index contributed by atoms with van der Waals surface area (Å²) in [6, 6.07) is 7.19. The van der Waals surface area contributed by atoms with Gasteiger partial charge in [0.2, 0.25) is 5.96 Å². The lowest BCUT2D eigenvalue weighted by atomic mass is 10.2. The van der Waals surface area contributed by atoms with E-state index in [-0.39, 0.29) is 5.96 Å². The second kappa shape index (κ2) is 10.8. The third-order valence-electron chi connectivity index (χ3n) is 3.10. The summed E-state index contributed by atoms with van der Waals surface area (Å²) in [5.74, 6) is -0.110. The van der Waals surface area contributed by atoms with Gasteiger partial charge in [0.25, 0.3) is 0 Å². The third-order valence-corrected chi connectivity index (χ3v) is 3.44. The monoisotopic (exact) mass is 437 g/mol. The van der Waals surface area contributed by atoms with Crippen LogP contribution in [0.2, 0.25) is 0 Å². The van der Waals surface area contributed by atoms with Gasteiger partial charge in [-0.1, -0.05) is 12.1 Å². The molecule has 0 saturated heterocycles. The van der Waals surface area contributed by atoms with Crippen LogP contribution in [0.1, 0.15) is 47.1 Å². The van der Waals surface area contributed by atoms with Gasteiger partial charge in [0.1, 0.15) is 11.2 Å². The number of carbonyl (C=O) groups excluding carboxylic acids is 2. The van der Waals surface area contributed by atoms with Crippen LogP contribution in [-0.2, 0) is 16.0 Å². The lowest BCUT2D eigenvalue weighted by molar-refractivity contribution is 0.0545. The Morgan fingerprint density at radius 1 is 0.933 bits per heavy atom. The fourth-order valence-electron chi connectivity index (χ4n) is 1.98. The molecule has 1 aromatic carbocycles. The average Bonchev–Trinajstić information content (AvgIpc) is 2.57. The van der Waals surface area contributed by atoms with Gasteiger partial charge in [-0.3, -0.25) is 10.6 Å². The van der Waals surface area contributed by atoms with Crippen molar-refractivity contribution in [1.29, 1.82) is 0 Å². The fraction of sp³-hybridized carbons (Fsp3) is 0.500. The van der Waals surface area contributed by atoms with E-state index in [0.717, 1.165) is 5.56 Å². The number of hydrogen-bond donors (Lipinski definition) is 4. The molecule has 9 nitrogen and oxygen atoms in total. The molecule has 0 unspecified atom stereocenters. The van der Waals surface area contributed by atoms with Crippen LogP contribution in [0.25, 0.3) is 0 Å². The van der Waals surface area contributed by atoms with Crippen LogP contribution in [-0.4, -0.2) is 41.5 Å². The largest absolute Gasteiger partial charge is 0.444 e. The van der Waals surface area contributed by atoms with Gasteiger partial charge >= 0.3 is 12.2 Å². The van der Waals surface area contributed by atoms with Crippen LogP contribution in [0.4, 0.5) is 15.3 Å². The molecule has 0 radical (unpaired) electrons. The fourth-order valence-corrected chi connectivity index (χ4v) is 2.05. The summed E-state index contributed by atoms with van der Waals surface area (Å²) in [7, 11) is 1.74. The van der Waals surface area contributed by atoms with E-state index in [4.69, 9.17) is 21.7 Å². The Kier molecular flexibility index (Phi) is 9.03. The predicted octanol–water partition coefficient (Wildman–Crippen LogP) is 3.32. The van der Waals surface area contributed by atoms with Crippen LogP contribution >= 0.6 is 12.2 Å². The van der Waals surface area contributed by atoms with Crippen molar-refractivity contribution in [3.63, 3.8) is 0 Å². The number of nitrogens with one attached hydrogen (secondary N) is 4. The third kappa shape index (κ3) is 11.2. The van der Waals surface area contributed by atoms with Crippen LogP contribution in [0.15, 0.2) is 29.3 Å². The van der Waals surface area contributed by atoms with Gasteiger partial charge in [0, 0.05) is 13.6 Å². The topological polar surface area (TPSA) is 113 Å². The molecule has 1 rings (SSSR count). The van der Waals surface area contributed by atoms with E-state index in [1.54, 1.807) is 60.7 Å². The molecule has 1 aromatic rings. The highest BCUT2D eigenvalue weighted by Crippen LogP contribution is 2.14. The van der Waals surface area contributed by atoms with Crippen molar-refractivity contribution >= 4 is 41.2 Å². The van der Waals surface area contributed by atoms with Crippen LogP contribution in [0.5, 0.6) is 0 Å². The number of thiocarbonyl (C=S) groups is 1. The molecule has 4 N–H and O–H groups in total. The van der Waals surface area contributed by atoms with E-state index in [1.165, 1.54) is 0 Å². The number of alkyl carbamates (subject to hydrolysis) is 2. The number of aliphatic imine (C=N–C) groups is 1. The minimum atomic E-state index is -0.751. The molecule has 0 atom stereocenters. The van der Waals surface area contributed by atoms with E-state index in [9.17, 15) is 9.59 Å². The van der Waals surface area contributed by atoms with Crippen LogP contribution in [0, 0.1) is 0 Å². The summed E-state index contributed by atoms with van der Waals surface area (Å²) < 4.78 is 10.4. The molecule has 0 spiro atoms. The number of guanidine groups is 1. The van der Waals surface area contributed by atoms with Crippen molar-refractivity contribution in [2.24, 2.45) is 4.99 Å². The maximum Gasteiger partial charge on any atom is 0.414 e. The first-order chi connectivity index (χ1) is 13.8. The summed E-state index contributed by atoms with van der Waals surface area (Å²) in [6.07, 6.45) is -1.50. The minimum absolute atomic E-state index is 0.110. The van der Waals surface area contributed by atoms with Crippen molar-refractivity contribution in [3.05, 3.63) is 29.8 Å². The Bertz CT molecular complexity index is 748. The van der Waals surface area contributed by atoms with E-state index >= 15 is 0 Å². The summed E-state index contributed by atoms with van der Waals surface area (Å²) in [4.78, 5) is 28.5. The number of ether oxygens (including phenoxy) is 2. The van der Waals surface area contributed by atoms with Gasteiger partial charge in [-0.2, -0.15) is 0 Å². The minimum Gasteiger partial charge on any atom is -0.444 e. The molecule has 2 amide bonds. The molecule has 10 heteroatoms. The summed E-state index contributed by atoms with van der Waals surface area (Å²) >= 11 is 5.04. The standard InChI is InChI=1S/C20H31N5O4S/c1-19(2,3)28-17(26)24-15(25-18(27)29-20(4,5)6)23-14-10-8-13(9-11-14)12-22-16(30)21-7/h8-11H,12H2,1-7H3,(H2,21,22,30)(H2,23,24,25,26,27). The number of benzene rings is 1. The average molecular weight is 438 g/mol. The van der Waals surface area contributed by atoms with Gasteiger partial charge < -0.3 is 20.1 Å². The summed E-state index contributed by atoms with van der Waals surface area (Å²) in [5.41, 5.74) is 0.0817.